The molecule has 0 amide bonds. The summed E-state index contributed by atoms with van der Waals surface area (Å²) in [4.78, 5) is 0. The van der Waals surface area contributed by atoms with E-state index in [1.807, 2.05) is 0 Å². The van der Waals surface area contributed by atoms with Crippen LogP contribution in [-0.4, -0.2) is 0 Å². The largest absolute Gasteiger partial charge is 0.0654 e. The quantitative estimate of drug-likeness (QED) is 0.612. The molecule has 0 heterocycles. The van der Waals surface area contributed by atoms with Gasteiger partial charge in [-0.05, 0) is 35.8 Å². The molecule has 2 rings (SSSR count). The van der Waals surface area contributed by atoms with Crippen LogP contribution in [0, 0.1) is 0 Å². The van der Waals surface area contributed by atoms with E-state index in [2.05, 4.69) is 74.5 Å². The zero-order valence-corrected chi connectivity index (χ0v) is 12.0. The fourth-order valence-electron chi connectivity index (χ4n) is 3.06. The first kappa shape index (κ1) is 13.9. The molecule has 0 aromatic heterocycles. The molecule has 2 atom stereocenters. The number of rotatable bonds is 6. The number of hydrogen-bond donors (Lipinski definition) is 0. The lowest BCUT2D eigenvalue weighted by Crippen LogP contribution is -2.11. The van der Waals surface area contributed by atoms with Gasteiger partial charge in [-0.15, -0.1) is 0 Å². The lowest BCUT2D eigenvalue weighted by atomic mass is 9.77. The molecule has 0 N–H and O–H groups in total. The molecular weight excluding hydrogens is 228 g/mol. The predicted molar refractivity (Wildman–Crippen MR) is 83.6 cm³/mol. The van der Waals surface area contributed by atoms with Gasteiger partial charge in [0.15, 0.2) is 0 Å². The highest BCUT2D eigenvalue weighted by Gasteiger charge is 2.22. The van der Waals surface area contributed by atoms with Gasteiger partial charge in [-0.3, -0.25) is 0 Å². The molecule has 0 nitrogen and oxygen atoms in total. The molecule has 0 saturated heterocycles. The van der Waals surface area contributed by atoms with Crippen molar-refractivity contribution in [1.29, 1.82) is 0 Å². The van der Waals surface area contributed by atoms with Crippen molar-refractivity contribution in [3.05, 3.63) is 71.8 Å². The summed E-state index contributed by atoms with van der Waals surface area (Å²) in [5.41, 5.74) is 2.97. The Morgan fingerprint density at radius 1 is 0.684 bits per heavy atom. The minimum Gasteiger partial charge on any atom is -0.0654 e. The van der Waals surface area contributed by atoms with Crippen LogP contribution in [-0.2, 0) is 0 Å². The standard InChI is InChI=1S/C19H24/c1-3-11-19(17-14-9-6-10-15-17)18(4-2)16-12-7-5-8-13-16/h5-10,12-15,18-19H,3-4,11H2,1-2H3. The van der Waals surface area contributed by atoms with Crippen molar-refractivity contribution < 1.29 is 0 Å². The summed E-state index contributed by atoms with van der Waals surface area (Å²) in [6, 6.07) is 22.0. The molecule has 0 fully saturated rings. The van der Waals surface area contributed by atoms with Crippen LogP contribution in [0.5, 0.6) is 0 Å². The van der Waals surface area contributed by atoms with E-state index < -0.39 is 0 Å². The molecule has 2 aromatic rings. The average Bonchev–Trinajstić information content (AvgIpc) is 2.49. The van der Waals surface area contributed by atoms with Crippen molar-refractivity contribution >= 4 is 0 Å². The average molecular weight is 252 g/mol. The fourth-order valence-corrected chi connectivity index (χ4v) is 3.06. The van der Waals surface area contributed by atoms with Crippen LogP contribution in [0.15, 0.2) is 60.7 Å². The Labute approximate surface area is 117 Å². The molecule has 2 unspecified atom stereocenters. The van der Waals surface area contributed by atoms with Gasteiger partial charge in [-0.25, -0.2) is 0 Å². The van der Waals surface area contributed by atoms with Crippen LogP contribution in [0.4, 0.5) is 0 Å². The summed E-state index contributed by atoms with van der Waals surface area (Å²) in [5, 5.41) is 0. The fraction of sp³-hybridized carbons (Fsp3) is 0.368. The minimum absolute atomic E-state index is 0.628. The summed E-state index contributed by atoms with van der Waals surface area (Å²) in [6.45, 7) is 4.59. The maximum absolute atomic E-state index is 2.31. The Morgan fingerprint density at radius 2 is 1.16 bits per heavy atom. The van der Waals surface area contributed by atoms with Gasteiger partial charge in [-0.1, -0.05) is 80.9 Å². The zero-order valence-electron chi connectivity index (χ0n) is 12.0. The van der Waals surface area contributed by atoms with Gasteiger partial charge in [0, 0.05) is 0 Å². The van der Waals surface area contributed by atoms with E-state index in [4.69, 9.17) is 0 Å². The highest BCUT2D eigenvalue weighted by Crippen LogP contribution is 2.38. The maximum atomic E-state index is 2.31. The summed E-state index contributed by atoms with van der Waals surface area (Å²) in [5.74, 6) is 1.27. The topological polar surface area (TPSA) is 0 Å². The van der Waals surface area contributed by atoms with Crippen molar-refractivity contribution in [1.82, 2.24) is 0 Å². The summed E-state index contributed by atoms with van der Waals surface area (Å²) in [7, 11) is 0. The molecule has 100 valence electrons. The molecule has 0 aliphatic rings. The van der Waals surface area contributed by atoms with Crippen molar-refractivity contribution in [2.45, 2.75) is 44.9 Å². The minimum atomic E-state index is 0.628. The van der Waals surface area contributed by atoms with Gasteiger partial charge in [0.2, 0.25) is 0 Å². The first-order chi connectivity index (χ1) is 9.36. The third-order valence-corrected chi connectivity index (χ3v) is 3.98. The second kappa shape index (κ2) is 7.13. The Bertz CT molecular complexity index is 458. The van der Waals surface area contributed by atoms with Gasteiger partial charge in [-0.2, -0.15) is 0 Å². The highest BCUT2D eigenvalue weighted by atomic mass is 14.3. The Morgan fingerprint density at radius 3 is 1.58 bits per heavy atom. The van der Waals surface area contributed by atoms with E-state index in [1.165, 1.54) is 30.4 Å². The van der Waals surface area contributed by atoms with Crippen molar-refractivity contribution in [3.63, 3.8) is 0 Å². The van der Waals surface area contributed by atoms with Crippen LogP contribution < -0.4 is 0 Å². The Balaban J connectivity index is 2.31. The molecule has 0 saturated carbocycles. The number of benzene rings is 2. The molecule has 2 aromatic carbocycles. The molecule has 19 heavy (non-hydrogen) atoms. The normalized spacial score (nSPS) is 14.0. The SMILES string of the molecule is CCCC(c1ccccc1)C(CC)c1ccccc1. The second-order valence-corrected chi connectivity index (χ2v) is 5.23. The van der Waals surface area contributed by atoms with E-state index in [0.717, 1.165) is 0 Å². The third kappa shape index (κ3) is 3.47. The van der Waals surface area contributed by atoms with Gasteiger partial charge in [0.1, 0.15) is 0 Å². The maximum Gasteiger partial charge on any atom is -0.00933 e. The van der Waals surface area contributed by atoms with Gasteiger partial charge in [0.05, 0.1) is 0 Å². The first-order valence-electron chi connectivity index (χ1n) is 7.46. The van der Waals surface area contributed by atoms with E-state index in [9.17, 15) is 0 Å². The lowest BCUT2D eigenvalue weighted by molar-refractivity contribution is 0.487. The molecule has 0 radical (unpaired) electrons. The molecule has 0 aliphatic heterocycles. The molecular formula is C19H24. The Kier molecular flexibility index (Phi) is 5.20. The van der Waals surface area contributed by atoms with Crippen molar-refractivity contribution in [2.75, 3.05) is 0 Å². The second-order valence-electron chi connectivity index (χ2n) is 5.23. The van der Waals surface area contributed by atoms with Crippen molar-refractivity contribution in [3.8, 4) is 0 Å². The molecule has 0 aliphatic carbocycles. The number of hydrogen-bond acceptors (Lipinski definition) is 0. The monoisotopic (exact) mass is 252 g/mol. The molecule has 0 spiro atoms. The molecule has 0 bridgehead atoms. The van der Waals surface area contributed by atoms with Gasteiger partial charge < -0.3 is 0 Å². The van der Waals surface area contributed by atoms with E-state index in [-0.39, 0.29) is 0 Å². The van der Waals surface area contributed by atoms with E-state index in [0.29, 0.717) is 11.8 Å². The zero-order chi connectivity index (χ0) is 13.5. The lowest BCUT2D eigenvalue weighted by Gasteiger charge is -2.27. The Hall–Kier alpha value is -1.56. The summed E-state index contributed by atoms with van der Waals surface area (Å²) >= 11 is 0. The smallest absolute Gasteiger partial charge is 0.00933 e. The third-order valence-electron chi connectivity index (χ3n) is 3.98. The van der Waals surface area contributed by atoms with Crippen LogP contribution in [0.3, 0.4) is 0 Å². The van der Waals surface area contributed by atoms with Crippen LogP contribution in [0.2, 0.25) is 0 Å². The van der Waals surface area contributed by atoms with E-state index in [1.54, 1.807) is 0 Å². The first-order valence-corrected chi connectivity index (χ1v) is 7.46. The van der Waals surface area contributed by atoms with Crippen molar-refractivity contribution in [2.24, 2.45) is 0 Å². The van der Waals surface area contributed by atoms with E-state index >= 15 is 0 Å². The van der Waals surface area contributed by atoms with Gasteiger partial charge in [0.25, 0.3) is 0 Å². The summed E-state index contributed by atoms with van der Waals surface area (Å²) in [6.07, 6.45) is 3.70. The molecule has 0 heteroatoms. The predicted octanol–water partition coefficient (Wildman–Crippen LogP) is 5.76. The highest BCUT2D eigenvalue weighted by molar-refractivity contribution is 5.28. The van der Waals surface area contributed by atoms with Crippen LogP contribution in [0.1, 0.15) is 56.1 Å². The van der Waals surface area contributed by atoms with Gasteiger partial charge >= 0.3 is 0 Å². The van der Waals surface area contributed by atoms with Crippen LogP contribution >= 0.6 is 0 Å². The van der Waals surface area contributed by atoms with Crippen LogP contribution in [0.25, 0.3) is 0 Å². The summed E-state index contributed by atoms with van der Waals surface area (Å²) < 4.78 is 0.